The minimum absolute atomic E-state index is 0.0409. The van der Waals surface area contributed by atoms with Crippen molar-refractivity contribution in [2.45, 2.75) is 51.6 Å². The quantitative estimate of drug-likeness (QED) is 0.525. The molecule has 1 unspecified atom stereocenters. The molecule has 2 aromatic rings. The van der Waals surface area contributed by atoms with Crippen LogP contribution in [0.15, 0.2) is 54.6 Å². The number of nitrogens with zero attached hydrogens (tertiary/aromatic N) is 1. The van der Waals surface area contributed by atoms with Gasteiger partial charge in [-0.1, -0.05) is 48.9 Å². The van der Waals surface area contributed by atoms with Crippen LogP contribution in [0.5, 0.6) is 5.75 Å². The number of amides is 2. The van der Waals surface area contributed by atoms with Crippen LogP contribution in [0.2, 0.25) is 0 Å². The van der Waals surface area contributed by atoms with Crippen LogP contribution >= 0.6 is 0 Å². The fourth-order valence-electron chi connectivity index (χ4n) is 4.12. The summed E-state index contributed by atoms with van der Waals surface area (Å²) in [6.07, 6.45) is 4.54. The van der Waals surface area contributed by atoms with Gasteiger partial charge in [-0.05, 0) is 50.4 Å². The maximum absolute atomic E-state index is 12.4. The molecule has 1 atom stereocenters. The molecule has 2 aromatic carbocycles. The third kappa shape index (κ3) is 7.38. The summed E-state index contributed by atoms with van der Waals surface area (Å²) >= 11 is 0. The number of carbonyl (C=O) groups is 2. The second kappa shape index (κ2) is 12.9. The Kier molecular flexibility index (Phi) is 9.57. The lowest BCUT2D eigenvalue weighted by molar-refractivity contribution is -0.121. The summed E-state index contributed by atoms with van der Waals surface area (Å²) in [7, 11) is 0. The molecule has 172 valence electrons. The van der Waals surface area contributed by atoms with E-state index in [2.05, 4.69) is 39.8 Å². The van der Waals surface area contributed by atoms with E-state index < -0.39 is 0 Å². The van der Waals surface area contributed by atoms with Gasteiger partial charge in [-0.25, -0.2) is 0 Å². The Hall–Kier alpha value is -2.86. The molecule has 2 amide bonds. The van der Waals surface area contributed by atoms with Crippen LogP contribution in [0.4, 0.5) is 0 Å². The standard InChI is InChI=1S/C26H35N3O3/c1-2-32-24-15-7-6-14-23(24)26(31)27-17-10-16-25(30)28-19-22-13-8-9-18-29(22)20-21-11-4-3-5-12-21/h3-7,11-12,14-15,22H,2,8-10,13,16-20H2,1H3,(H,27,31)(H,28,30). The molecule has 0 bridgehead atoms. The number of hydrogen-bond donors (Lipinski definition) is 2. The Balaban J connectivity index is 1.37. The van der Waals surface area contributed by atoms with Gasteiger partial charge in [0.15, 0.2) is 0 Å². The molecular formula is C26H35N3O3. The average molecular weight is 438 g/mol. The van der Waals surface area contributed by atoms with Gasteiger partial charge in [0.05, 0.1) is 12.2 Å². The molecule has 32 heavy (non-hydrogen) atoms. The molecule has 0 saturated carbocycles. The van der Waals surface area contributed by atoms with Gasteiger partial charge in [0.2, 0.25) is 5.91 Å². The fraction of sp³-hybridized carbons (Fsp3) is 0.462. The van der Waals surface area contributed by atoms with Gasteiger partial charge < -0.3 is 15.4 Å². The summed E-state index contributed by atoms with van der Waals surface area (Å²) in [5.41, 5.74) is 1.84. The van der Waals surface area contributed by atoms with Crippen molar-refractivity contribution in [1.82, 2.24) is 15.5 Å². The molecule has 1 saturated heterocycles. The van der Waals surface area contributed by atoms with E-state index in [4.69, 9.17) is 4.74 Å². The first-order valence-corrected chi connectivity index (χ1v) is 11.7. The number of rotatable bonds is 11. The third-order valence-corrected chi connectivity index (χ3v) is 5.81. The Morgan fingerprint density at radius 1 is 1.03 bits per heavy atom. The molecular weight excluding hydrogens is 402 g/mol. The van der Waals surface area contributed by atoms with Crippen LogP contribution in [0, 0.1) is 0 Å². The summed E-state index contributed by atoms with van der Waals surface area (Å²) < 4.78 is 5.51. The number of piperidine rings is 1. The maximum Gasteiger partial charge on any atom is 0.255 e. The van der Waals surface area contributed by atoms with Gasteiger partial charge >= 0.3 is 0 Å². The Morgan fingerprint density at radius 2 is 1.81 bits per heavy atom. The van der Waals surface area contributed by atoms with E-state index in [1.807, 2.05) is 25.1 Å². The molecule has 1 aliphatic rings. The van der Waals surface area contributed by atoms with E-state index in [-0.39, 0.29) is 11.8 Å². The first-order valence-electron chi connectivity index (χ1n) is 11.7. The number of benzene rings is 2. The second-order valence-corrected chi connectivity index (χ2v) is 8.20. The van der Waals surface area contributed by atoms with Crippen molar-refractivity contribution in [2.24, 2.45) is 0 Å². The highest BCUT2D eigenvalue weighted by atomic mass is 16.5. The lowest BCUT2D eigenvalue weighted by Crippen LogP contribution is -2.46. The highest BCUT2D eigenvalue weighted by molar-refractivity contribution is 5.96. The fourth-order valence-corrected chi connectivity index (χ4v) is 4.12. The summed E-state index contributed by atoms with van der Waals surface area (Å²) in [6, 6.07) is 18.1. The predicted molar refractivity (Wildman–Crippen MR) is 127 cm³/mol. The van der Waals surface area contributed by atoms with Gasteiger partial charge in [0.25, 0.3) is 5.91 Å². The Labute approximate surface area is 191 Å². The predicted octanol–water partition coefficient (Wildman–Crippen LogP) is 3.77. The van der Waals surface area contributed by atoms with Crippen molar-refractivity contribution < 1.29 is 14.3 Å². The largest absolute Gasteiger partial charge is 0.493 e. The van der Waals surface area contributed by atoms with Gasteiger partial charge in [-0.15, -0.1) is 0 Å². The highest BCUT2D eigenvalue weighted by Crippen LogP contribution is 2.19. The zero-order valence-corrected chi connectivity index (χ0v) is 19.0. The average Bonchev–Trinajstić information content (AvgIpc) is 2.82. The highest BCUT2D eigenvalue weighted by Gasteiger charge is 2.22. The minimum atomic E-state index is -0.173. The SMILES string of the molecule is CCOc1ccccc1C(=O)NCCCC(=O)NCC1CCCCN1Cc1ccccc1. The molecule has 2 N–H and O–H groups in total. The number of likely N-dealkylation sites (tertiary alicyclic amines) is 1. The van der Waals surface area contributed by atoms with E-state index in [0.717, 1.165) is 19.5 Å². The third-order valence-electron chi connectivity index (χ3n) is 5.81. The monoisotopic (exact) mass is 437 g/mol. The summed E-state index contributed by atoms with van der Waals surface area (Å²) in [6.45, 7) is 5.53. The zero-order chi connectivity index (χ0) is 22.6. The number of nitrogens with one attached hydrogen (secondary N) is 2. The van der Waals surface area contributed by atoms with Crippen LogP contribution in [0.1, 0.15) is 54.9 Å². The van der Waals surface area contributed by atoms with Crippen LogP contribution < -0.4 is 15.4 Å². The molecule has 6 heteroatoms. The van der Waals surface area contributed by atoms with Crippen molar-refractivity contribution in [3.8, 4) is 5.75 Å². The van der Waals surface area contributed by atoms with Crippen LogP contribution in [-0.4, -0.2) is 49.0 Å². The normalized spacial score (nSPS) is 16.3. The van der Waals surface area contributed by atoms with E-state index in [0.29, 0.717) is 49.9 Å². The molecule has 0 aliphatic carbocycles. The van der Waals surface area contributed by atoms with Crippen molar-refractivity contribution in [3.05, 3.63) is 65.7 Å². The van der Waals surface area contributed by atoms with Crippen molar-refractivity contribution in [3.63, 3.8) is 0 Å². The first-order chi connectivity index (χ1) is 15.7. The topological polar surface area (TPSA) is 70.7 Å². The number of carbonyl (C=O) groups excluding carboxylic acids is 2. The molecule has 0 aromatic heterocycles. The Morgan fingerprint density at radius 3 is 2.62 bits per heavy atom. The molecule has 1 heterocycles. The lowest BCUT2D eigenvalue weighted by atomic mass is 10.0. The molecule has 1 fully saturated rings. The van der Waals surface area contributed by atoms with Crippen molar-refractivity contribution in [2.75, 3.05) is 26.2 Å². The van der Waals surface area contributed by atoms with Gasteiger partial charge in [-0.3, -0.25) is 14.5 Å². The van der Waals surface area contributed by atoms with Crippen LogP contribution in [0.3, 0.4) is 0 Å². The van der Waals surface area contributed by atoms with Crippen LogP contribution in [-0.2, 0) is 11.3 Å². The molecule has 0 radical (unpaired) electrons. The van der Waals surface area contributed by atoms with E-state index >= 15 is 0 Å². The van der Waals surface area contributed by atoms with Gasteiger partial charge in [-0.2, -0.15) is 0 Å². The summed E-state index contributed by atoms with van der Waals surface area (Å²) in [5, 5.41) is 5.99. The summed E-state index contributed by atoms with van der Waals surface area (Å²) in [5.74, 6) is 0.449. The van der Waals surface area contributed by atoms with Crippen molar-refractivity contribution >= 4 is 11.8 Å². The summed E-state index contributed by atoms with van der Waals surface area (Å²) in [4.78, 5) is 27.2. The van der Waals surface area contributed by atoms with Crippen LogP contribution in [0.25, 0.3) is 0 Å². The molecule has 6 nitrogen and oxygen atoms in total. The van der Waals surface area contributed by atoms with E-state index in [9.17, 15) is 9.59 Å². The van der Waals surface area contributed by atoms with Gasteiger partial charge in [0, 0.05) is 32.1 Å². The smallest absolute Gasteiger partial charge is 0.255 e. The second-order valence-electron chi connectivity index (χ2n) is 8.20. The number of ether oxygens (including phenoxy) is 1. The van der Waals surface area contributed by atoms with Crippen molar-refractivity contribution in [1.29, 1.82) is 0 Å². The van der Waals surface area contributed by atoms with Gasteiger partial charge in [0.1, 0.15) is 5.75 Å². The first kappa shape index (κ1) is 23.8. The molecule has 0 spiro atoms. The van der Waals surface area contributed by atoms with E-state index in [1.54, 1.807) is 12.1 Å². The molecule has 3 rings (SSSR count). The Bertz CT molecular complexity index is 856. The number of para-hydroxylation sites is 1. The van der Waals surface area contributed by atoms with E-state index in [1.165, 1.54) is 18.4 Å². The zero-order valence-electron chi connectivity index (χ0n) is 19.0. The minimum Gasteiger partial charge on any atom is -0.493 e. The molecule has 1 aliphatic heterocycles. The number of hydrogen-bond acceptors (Lipinski definition) is 4. The lowest BCUT2D eigenvalue weighted by Gasteiger charge is -2.36. The maximum atomic E-state index is 12.4.